The number of amides is 1. The van der Waals surface area contributed by atoms with Crippen molar-refractivity contribution in [3.8, 4) is 0 Å². The summed E-state index contributed by atoms with van der Waals surface area (Å²) < 4.78 is 0. The van der Waals surface area contributed by atoms with E-state index in [-0.39, 0.29) is 5.91 Å². The van der Waals surface area contributed by atoms with Crippen LogP contribution >= 0.6 is 11.8 Å². The molecule has 1 amide bonds. The highest BCUT2D eigenvalue weighted by Gasteiger charge is 2.27. The molecule has 1 aliphatic rings. The third-order valence-corrected chi connectivity index (χ3v) is 3.94. The molecule has 1 aromatic rings. The normalized spacial score (nSPS) is 23.8. The van der Waals surface area contributed by atoms with E-state index in [2.05, 4.69) is 29.2 Å². The SMILES string of the molecule is CC1CN(C(=O)c2cncc(NN)n2)CC(C)S1. The zero-order chi connectivity index (χ0) is 13.1. The molecule has 0 radical (unpaired) electrons. The Morgan fingerprint density at radius 3 is 2.72 bits per heavy atom. The zero-order valence-electron chi connectivity index (χ0n) is 10.5. The first-order chi connectivity index (χ1) is 8.60. The molecule has 0 saturated carbocycles. The Hall–Kier alpha value is -1.34. The van der Waals surface area contributed by atoms with Crippen molar-refractivity contribution in [1.29, 1.82) is 0 Å². The van der Waals surface area contributed by atoms with Crippen molar-refractivity contribution in [2.45, 2.75) is 24.3 Å². The number of nitrogen functional groups attached to an aromatic ring is 1. The molecule has 0 aromatic carbocycles. The van der Waals surface area contributed by atoms with Crippen LogP contribution in [0, 0.1) is 0 Å². The highest BCUT2D eigenvalue weighted by Crippen LogP contribution is 2.25. The minimum atomic E-state index is -0.0846. The summed E-state index contributed by atoms with van der Waals surface area (Å²) in [4.78, 5) is 22.2. The second kappa shape index (κ2) is 5.53. The van der Waals surface area contributed by atoms with E-state index in [4.69, 9.17) is 5.84 Å². The van der Waals surface area contributed by atoms with Gasteiger partial charge in [-0.1, -0.05) is 13.8 Å². The summed E-state index contributed by atoms with van der Waals surface area (Å²) in [5.74, 6) is 5.57. The van der Waals surface area contributed by atoms with Crippen LogP contribution in [0.5, 0.6) is 0 Å². The molecule has 6 nitrogen and oxygen atoms in total. The number of aromatic nitrogens is 2. The number of carbonyl (C=O) groups is 1. The second-order valence-electron chi connectivity index (χ2n) is 4.40. The van der Waals surface area contributed by atoms with Crippen LogP contribution in [0.4, 0.5) is 5.82 Å². The van der Waals surface area contributed by atoms with E-state index in [9.17, 15) is 4.79 Å². The minimum Gasteiger partial charge on any atom is -0.335 e. The van der Waals surface area contributed by atoms with Crippen molar-refractivity contribution in [2.24, 2.45) is 5.84 Å². The first-order valence-electron chi connectivity index (χ1n) is 5.83. The largest absolute Gasteiger partial charge is 0.335 e. The summed E-state index contributed by atoms with van der Waals surface area (Å²) in [6.45, 7) is 5.75. The molecule has 1 aromatic heterocycles. The van der Waals surface area contributed by atoms with Gasteiger partial charge in [0.25, 0.3) is 5.91 Å². The number of carbonyl (C=O) groups excluding carboxylic acids is 1. The highest BCUT2D eigenvalue weighted by atomic mass is 32.2. The van der Waals surface area contributed by atoms with Crippen molar-refractivity contribution in [3.63, 3.8) is 0 Å². The molecule has 2 heterocycles. The number of nitrogens with zero attached hydrogens (tertiary/aromatic N) is 3. The van der Waals surface area contributed by atoms with Crippen LogP contribution in [0.15, 0.2) is 12.4 Å². The Kier molecular flexibility index (Phi) is 4.03. The Bertz CT molecular complexity index is 431. The Labute approximate surface area is 110 Å². The molecule has 1 fully saturated rings. The van der Waals surface area contributed by atoms with Gasteiger partial charge in [0, 0.05) is 23.6 Å². The lowest BCUT2D eigenvalue weighted by Crippen LogP contribution is -2.44. The van der Waals surface area contributed by atoms with Crippen LogP contribution in [0.1, 0.15) is 24.3 Å². The van der Waals surface area contributed by atoms with Crippen LogP contribution in [0.3, 0.4) is 0 Å². The Balaban J connectivity index is 2.14. The Morgan fingerprint density at radius 1 is 1.44 bits per heavy atom. The fourth-order valence-electron chi connectivity index (χ4n) is 2.04. The van der Waals surface area contributed by atoms with Gasteiger partial charge in [0.2, 0.25) is 0 Å². The number of nitrogens with two attached hydrogens (primary N) is 1. The van der Waals surface area contributed by atoms with E-state index >= 15 is 0 Å². The van der Waals surface area contributed by atoms with Crippen LogP contribution in [-0.2, 0) is 0 Å². The fraction of sp³-hybridized carbons (Fsp3) is 0.545. The van der Waals surface area contributed by atoms with Gasteiger partial charge in [0.15, 0.2) is 5.82 Å². The monoisotopic (exact) mass is 267 g/mol. The topological polar surface area (TPSA) is 84.1 Å². The molecule has 2 unspecified atom stereocenters. The lowest BCUT2D eigenvalue weighted by molar-refractivity contribution is 0.0747. The molecule has 0 aliphatic carbocycles. The van der Waals surface area contributed by atoms with Gasteiger partial charge in [0.1, 0.15) is 5.69 Å². The van der Waals surface area contributed by atoms with Crippen molar-refractivity contribution in [3.05, 3.63) is 18.1 Å². The molecule has 1 aliphatic heterocycles. The third-order valence-electron chi connectivity index (χ3n) is 2.71. The number of hydrogen-bond donors (Lipinski definition) is 2. The maximum atomic E-state index is 12.3. The van der Waals surface area contributed by atoms with Crippen molar-refractivity contribution in [2.75, 3.05) is 18.5 Å². The standard InChI is InChI=1S/C11H17N5OS/c1-7-5-16(6-8(2)18-7)11(17)9-3-13-4-10(14-9)15-12/h3-4,7-8H,5-6,12H2,1-2H3,(H,14,15). The van der Waals surface area contributed by atoms with Crippen molar-refractivity contribution >= 4 is 23.5 Å². The molecule has 2 rings (SSSR count). The van der Waals surface area contributed by atoms with E-state index in [1.165, 1.54) is 12.4 Å². The van der Waals surface area contributed by atoms with Gasteiger partial charge in [-0.2, -0.15) is 11.8 Å². The van der Waals surface area contributed by atoms with E-state index in [1.54, 1.807) is 0 Å². The average molecular weight is 267 g/mol. The van der Waals surface area contributed by atoms with Crippen LogP contribution in [0.25, 0.3) is 0 Å². The quantitative estimate of drug-likeness (QED) is 0.607. The first-order valence-corrected chi connectivity index (χ1v) is 6.78. The lowest BCUT2D eigenvalue weighted by Gasteiger charge is -2.34. The smallest absolute Gasteiger partial charge is 0.274 e. The molecule has 1 saturated heterocycles. The van der Waals surface area contributed by atoms with Crippen LogP contribution in [0.2, 0.25) is 0 Å². The number of rotatable bonds is 2. The Morgan fingerprint density at radius 2 is 2.11 bits per heavy atom. The predicted molar refractivity (Wildman–Crippen MR) is 72.3 cm³/mol. The minimum absolute atomic E-state index is 0.0846. The van der Waals surface area contributed by atoms with E-state index in [0.717, 1.165) is 13.1 Å². The predicted octanol–water partition coefficient (Wildman–Crippen LogP) is 0.728. The third kappa shape index (κ3) is 2.91. The molecule has 2 atom stereocenters. The zero-order valence-corrected chi connectivity index (χ0v) is 11.3. The van der Waals surface area contributed by atoms with Crippen molar-refractivity contribution < 1.29 is 4.79 Å². The maximum Gasteiger partial charge on any atom is 0.274 e. The van der Waals surface area contributed by atoms with E-state index in [0.29, 0.717) is 22.0 Å². The summed E-state index contributed by atoms with van der Waals surface area (Å²) in [5.41, 5.74) is 2.72. The maximum absolute atomic E-state index is 12.3. The molecule has 7 heteroatoms. The summed E-state index contributed by atoms with van der Waals surface area (Å²) in [7, 11) is 0. The lowest BCUT2D eigenvalue weighted by atomic mass is 10.3. The summed E-state index contributed by atoms with van der Waals surface area (Å²) in [5, 5.41) is 0.892. The van der Waals surface area contributed by atoms with Gasteiger partial charge in [-0.15, -0.1) is 0 Å². The van der Waals surface area contributed by atoms with E-state index < -0.39 is 0 Å². The molecule has 0 bridgehead atoms. The summed E-state index contributed by atoms with van der Waals surface area (Å²) in [6, 6.07) is 0. The number of anilines is 1. The molecular weight excluding hydrogens is 250 g/mol. The number of hydrogen-bond acceptors (Lipinski definition) is 6. The molecular formula is C11H17N5OS. The van der Waals surface area contributed by atoms with Gasteiger partial charge in [0.05, 0.1) is 12.4 Å². The van der Waals surface area contributed by atoms with Gasteiger partial charge in [-0.3, -0.25) is 9.78 Å². The summed E-state index contributed by atoms with van der Waals surface area (Å²) >= 11 is 1.90. The first kappa shape index (κ1) is 13.1. The average Bonchev–Trinajstić information content (AvgIpc) is 2.37. The molecule has 3 N–H and O–H groups in total. The fourth-order valence-corrected chi connectivity index (χ4v) is 3.37. The van der Waals surface area contributed by atoms with Crippen LogP contribution in [-0.4, -0.2) is 44.4 Å². The van der Waals surface area contributed by atoms with Gasteiger partial charge < -0.3 is 10.3 Å². The number of thioether (sulfide) groups is 1. The number of nitrogens with one attached hydrogen (secondary N) is 1. The highest BCUT2D eigenvalue weighted by molar-refractivity contribution is 8.00. The second-order valence-corrected chi connectivity index (χ2v) is 6.28. The summed E-state index contributed by atoms with van der Waals surface area (Å²) in [6.07, 6.45) is 2.95. The molecule has 0 spiro atoms. The molecule has 98 valence electrons. The number of hydrazine groups is 1. The van der Waals surface area contributed by atoms with Gasteiger partial charge in [-0.05, 0) is 0 Å². The molecule has 18 heavy (non-hydrogen) atoms. The van der Waals surface area contributed by atoms with Gasteiger partial charge >= 0.3 is 0 Å². The van der Waals surface area contributed by atoms with Crippen LogP contribution < -0.4 is 11.3 Å². The van der Waals surface area contributed by atoms with Crippen molar-refractivity contribution in [1.82, 2.24) is 14.9 Å². The van der Waals surface area contributed by atoms with Gasteiger partial charge in [-0.25, -0.2) is 10.8 Å². The van der Waals surface area contributed by atoms with E-state index in [1.807, 2.05) is 16.7 Å².